The van der Waals surface area contributed by atoms with Gasteiger partial charge in [0.05, 0.1) is 6.04 Å². The summed E-state index contributed by atoms with van der Waals surface area (Å²) in [7, 11) is 0. The van der Waals surface area contributed by atoms with Gasteiger partial charge in [-0.25, -0.2) is 8.78 Å². The Kier molecular flexibility index (Phi) is 5.07. The summed E-state index contributed by atoms with van der Waals surface area (Å²) < 4.78 is 28.2. The van der Waals surface area contributed by atoms with Crippen LogP contribution in [0.1, 0.15) is 41.6 Å². The second-order valence-electron chi connectivity index (χ2n) is 5.37. The SMILES string of the molecule is CCCNC(c1ccc(C)c(F)c1)c1cccc(C)c1F. The fourth-order valence-corrected chi connectivity index (χ4v) is 2.38. The number of hydrogen-bond donors (Lipinski definition) is 1. The summed E-state index contributed by atoms with van der Waals surface area (Å²) >= 11 is 0. The van der Waals surface area contributed by atoms with Gasteiger partial charge in [-0.3, -0.25) is 0 Å². The first-order valence-electron chi connectivity index (χ1n) is 7.29. The van der Waals surface area contributed by atoms with E-state index >= 15 is 0 Å². The van der Waals surface area contributed by atoms with E-state index in [1.807, 2.05) is 19.1 Å². The van der Waals surface area contributed by atoms with Crippen LogP contribution < -0.4 is 5.32 Å². The Morgan fingerprint density at radius 2 is 1.81 bits per heavy atom. The monoisotopic (exact) mass is 289 g/mol. The highest BCUT2D eigenvalue weighted by molar-refractivity contribution is 5.36. The van der Waals surface area contributed by atoms with Crippen LogP contribution in [0.15, 0.2) is 36.4 Å². The Morgan fingerprint density at radius 3 is 2.48 bits per heavy atom. The molecule has 1 atom stereocenters. The van der Waals surface area contributed by atoms with Gasteiger partial charge >= 0.3 is 0 Å². The van der Waals surface area contributed by atoms with E-state index in [2.05, 4.69) is 5.32 Å². The van der Waals surface area contributed by atoms with Gasteiger partial charge in [-0.05, 0) is 49.6 Å². The molecule has 0 aromatic heterocycles. The van der Waals surface area contributed by atoms with Crippen LogP contribution in [0.3, 0.4) is 0 Å². The van der Waals surface area contributed by atoms with Crippen molar-refractivity contribution < 1.29 is 8.78 Å². The normalized spacial score (nSPS) is 12.4. The second kappa shape index (κ2) is 6.81. The maximum atomic E-state index is 14.4. The molecule has 0 aliphatic heterocycles. The molecule has 0 bridgehead atoms. The maximum absolute atomic E-state index is 14.4. The van der Waals surface area contributed by atoms with Crippen LogP contribution in [0.2, 0.25) is 0 Å². The van der Waals surface area contributed by atoms with Crippen LogP contribution in [0.4, 0.5) is 8.78 Å². The molecule has 112 valence electrons. The lowest BCUT2D eigenvalue weighted by Gasteiger charge is -2.21. The van der Waals surface area contributed by atoms with Gasteiger partial charge in [0.25, 0.3) is 0 Å². The molecule has 21 heavy (non-hydrogen) atoms. The van der Waals surface area contributed by atoms with Crippen LogP contribution in [-0.2, 0) is 0 Å². The highest BCUT2D eigenvalue weighted by Gasteiger charge is 2.19. The summed E-state index contributed by atoms with van der Waals surface area (Å²) in [5.74, 6) is -0.490. The molecule has 3 heteroatoms. The molecule has 1 nitrogen and oxygen atoms in total. The molecule has 1 N–H and O–H groups in total. The van der Waals surface area contributed by atoms with Crippen molar-refractivity contribution in [3.05, 3.63) is 70.3 Å². The van der Waals surface area contributed by atoms with E-state index in [1.54, 1.807) is 32.0 Å². The predicted octanol–water partition coefficient (Wildman–Crippen LogP) is 4.67. The van der Waals surface area contributed by atoms with Crippen molar-refractivity contribution in [1.29, 1.82) is 0 Å². The minimum absolute atomic E-state index is 0.230. The third-order valence-electron chi connectivity index (χ3n) is 3.66. The van der Waals surface area contributed by atoms with Crippen LogP contribution in [0.5, 0.6) is 0 Å². The Hall–Kier alpha value is -1.74. The fraction of sp³-hybridized carbons (Fsp3) is 0.333. The van der Waals surface area contributed by atoms with Crippen molar-refractivity contribution in [2.24, 2.45) is 0 Å². The lowest BCUT2D eigenvalue weighted by molar-refractivity contribution is 0.538. The summed E-state index contributed by atoms with van der Waals surface area (Å²) in [5, 5.41) is 3.31. The summed E-state index contributed by atoms with van der Waals surface area (Å²) in [6.07, 6.45) is 0.929. The molecule has 2 rings (SSSR count). The lowest BCUT2D eigenvalue weighted by atomic mass is 9.95. The summed E-state index contributed by atoms with van der Waals surface area (Å²) in [5.41, 5.74) is 2.50. The van der Waals surface area contributed by atoms with Crippen LogP contribution in [0, 0.1) is 25.5 Å². The lowest BCUT2D eigenvalue weighted by Crippen LogP contribution is -2.24. The third-order valence-corrected chi connectivity index (χ3v) is 3.66. The molecule has 0 aliphatic carbocycles. The molecule has 0 spiro atoms. The zero-order chi connectivity index (χ0) is 15.4. The minimum Gasteiger partial charge on any atom is -0.306 e. The van der Waals surface area contributed by atoms with Crippen molar-refractivity contribution in [1.82, 2.24) is 5.32 Å². The van der Waals surface area contributed by atoms with E-state index in [-0.39, 0.29) is 17.7 Å². The van der Waals surface area contributed by atoms with E-state index in [0.29, 0.717) is 16.7 Å². The number of nitrogens with one attached hydrogen (secondary N) is 1. The van der Waals surface area contributed by atoms with Crippen molar-refractivity contribution in [2.45, 2.75) is 33.2 Å². The molecule has 0 aliphatic rings. The third kappa shape index (κ3) is 3.48. The Labute approximate surface area is 125 Å². The number of hydrogen-bond acceptors (Lipinski definition) is 1. The van der Waals surface area contributed by atoms with Gasteiger partial charge in [-0.2, -0.15) is 0 Å². The van der Waals surface area contributed by atoms with Gasteiger partial charge < -0.3 is 5.32 Å². The highest BCUT2D eigenvalue weighted by Crippen LogP contribution is 2.27. The van der Waals surface area contributed by atoms with Gasteiger partial charge in [0.2, 0.25) is 0 Å². The van der Waals surface area contributed by atoms with Crippen LogP contribution in [-0.4, -0.2) is 6.54 Å². The fourth-order valence-electron chi connectivity index (χ4n) is 2.38. The van der Waals surface area contributed by atoms with E-state index < -0.39 is 0 Å². The topological polar surface area (TPSA) is 12.0 Å². The highest BCUT2D eigenvalue weighted by atomic mass is 19.1. The van der Waals surface area contributed by atoms with Gasteiger partial charge in [0.15, 0.2) is 0 Å². The largest absolute Gasteiger partial charge is 0.306 e. The van der Waals surface area contributed by atoms with E-state index in [0.717, 1.165) is 18.5 Å². The number of benzene rings is 2. The number of aryl methyl sites for hydroxylation is 2. The first-order valence-corrected chi connectivity index (χ1v) is 7.29. The average molecular weight is 289 g/mol. The van der Waals surface area contributed by atoms with Crippen molar-refractivity contribution >= 4 is 0 Å². The second-order valence-corrected chi connectivity index (χ2v) is 5.37. The van der Waals surface area contributed by atoms with E-state index in [4.69, 9.17) is 0 Å². The van der Waals surface area contributed by atoms with Crippen LogP contribution >= 0.6 is 0 Å². The Morgan fingerprint density at radius 1 is 1.05 bits per heavy atom. The van der Waals surface area contributed by atoms with Crippen LogP contribution in [0.25, 0.3) is 0 Å². The Balaban J connectivity index is 2.47. The van der Waals surface area contributed by atoms with E-state index in [1.165, 1.54) is 6.07 Å². The summed E-state index contributed by atoms with van der Waals surface area (Å²) in [4.78, 5) is 0. The molecule has 0 radical (unpaired) electrons. The van der Waals surface area contributed by atoms with Gasteiger partial charge in [-0.15, -0.1) is 0 Å². The van der Waals surface area contributed by atoms with Crippen molar-refractivity contribution in [3.8, 4) is 0 Å². The molecule has 0 saturated carbocycles. The molecule has 0 amide bonds. The number of halogens is 2. The molecule has 0 saturated heterocycles. The molecule has 2 aromatic rings. The van der Waals surface area contributed by atoms with Gasteiger partial charge in [0.1, 0.15) is 11.6 Å². The first-order chi connectivity index (χ1) is 10.0. The molecule has 0 heterocycles. The molecule has 2 aromatic carbocycles. The van der Waals surface area contributed by atoms with Crippen molar-refractivity contribution in [2.75, 3.05) is 6.54 Å². The molecule has 1 unspecified atom stereocenters. The minimum atomic E-state index is -0.333. The summed E-state index contributed by atoms with van der Waals surface area (Å²) in [6, 6.07) is 10.1. The van der Waals surface area contributed by atoms with Gasteiger partial charge in [0, 0.05) is 5.56 Å². The Bertz CT molecular complexity index is 623. The molecular weight excluding hydrogens is 268 g/mol. The smallest absolute Gasteiger partial charge is 0.131 e. The maximum Gasteiger partial charge on any atom is 0.131 e. The quantitative estimate of drug-likeness (QED) is 0.843. The first kappa shape index (κ1) is 15.6. The molecular formula is C18H21F2N. The number of rotatable bonds is 5. The molecule has 0 fully saturated rings. The van der Waals surface area contributed by atoms with Gasteiger partial charge in [-0.1, -0.05) is 37.3 Å². The average Bonchev–Trinajstić information content (AvgIpc) is 2.47. The standard InChI is InChI=1S/C18H21F2N/c1-4-10-21-18(14-9-8-12(2)16(19)11-14)15-7-5-6-13(3)17(15)20/h5-9,11,18,21H,4,10H2,1-3H3. The van der Waals surface area contributed by atoms with Crippen molar-refractivity contribution in [3.63, 3.8) is 0 Å². The van der Waals surface area contributed by atoms with E-state index in [9.17, 15) is 8.78 Å². The predicted molar refractivity (Wildman–Crippen MR) is 82.4 cm³/mol. The zero-order valence-electron chi connectivity index (χ0n) is 12.7. The summed E-state index contributed by atoms with van der Waals surface area (Å²) in [6.45, 7) is 6.26. The zero-order valence-corrected chi connectivity index (χ0v) is 12.7.